The molecule has 8 heteroatoms. The summed E-state index contributed by atoms with van der Waals surface area (Å²) in [7, 11) is 0. The van der Waals surface area contributed by atoms with Gasteiger partial charge in [0.25, 0.3) is 0 Å². The monoisotopic (exact) mass is 287 g/mol. The van der Waals surface area contributed by atoms with E-state index in [0.717, 1.165) is 10.4 Å². The number of aromatic nitrogens is 4. The van der Waals surface area contributed by atoms with Crippen molar-refractivity contribution in [2.45, 2.75) is 24.9 Å². The number of carboxylic acids is 1. The molecule has 1 aromatic heterocycles. The van der Waals surface area contributed by atoms with E-state index in [0.29, 0.717) is 18.7 Å². The fourth-order valence-electron chi connectivity index (χ4n) is 1.97. The molecule has 1 saturated carbocycles. The van der Waals surface area contributed by atoms with E-state index >= 15 is 0 Å². The van der Waals surface area contributed by atoms with Gasteiger partial charge in [0.2, 0.25) is 11.7 Å². The Labute approximate surface area is 119 Å². The highest BCUT2D eigenvalue weighted by molar-refractivity contribution is 5.89. The second kappa shape index (κ2) is 4.97. The molecule has 0 spiro atoms. The maximum absolute atomic E-state index is 11.8. The van der Waals surface area contributed by atoms with Gasteiger partial charge in [0.15, 0.2) is 0 Å². The minimum Gasteiger partial charge on any atom is -0.480 e. The lowest BCUT2D eigenvalue weighted by Gasteiger charge is -2.11. The van der Waals surface area contributed by atoms with E-state index < -0.39 is 17.4 Å². The van der Waals surface area contributed by atoms with Crippen molar-refractivity contribution in [1.29, 1.82) is 0 Å². The Morgan fingerprint density at radius 3 is 2.62 bits per heavy atom. The number of tetrazole rings is 1. The molecule has 2 aromatic rings. The van der Waals surface area contributed by atoms with Crippen LogP contribution in [0.25, 0.3) is 11.4 Å². The third-order valence-corrected chi connectivity index (χ3v) is 3.31. The molecule has 0 aliphatic heterocycles. The summed E-state index contributed by atoms with van der Waals surface area (Å²) in [6, 6.07) is 9.26. The van der Waals surface area contributed by atoms with E-state index in [1.54, 1.807) is 0 Å². The number of nitrogens with zero attached hydrogens (tertiary/aromatic N) is 4. The van der Waals surface area contributed by atoms with Gasteiger partial charge in [-0.1, -0.05) is 30.3 Å². The lowest BCUT2D eigenvalue weighted by Crippen LogP contribution is -2.44. The van der Waals surface area contributed by atoms with Crippen LogP contribution in [-0.2, 0) is 16.1 Å². The first-order chi connectivity index (χ1) is 10.1. The zero-order chi connectivity index (χ0) is 14.9. The summed E-state index contributed by atoms with van der Waals surface area (Å²) in [5.74, 6) is -1.03. The number of aliphatic carboxylic acids is 1. The molecule has 8 nitrogen and oxygen atoms in total. The number of benzene rings is 1. The van der Waals surface area contributed by atoms with E-state index in [1.807, 2.05) is 30.3 Å². The van der Waals surface area contributed by atoms with Crippen molar-refractivity contribution in [2.75, 3.05) is 0 Å². The number of nitrogens with one attached hydrogen (secondary N) is 1. The third kappa shape index (κ3) is 2.73. The predicted molar refractivity (Wildman–Crippen MR) is 71.0 cm³/mol. The van der Waals surface area contributed by atoms with Crippen LogP contribution in [0, 0.1) is 0 Å². The highest BCUT2D eigenvalue weighted by Gasteiger charge is 2.51. The molecule has 0 bridgehead atoms. The maximum Gasteiger partial charge on any atom is 0.329 e. The number of rotatable bonds is 5. The normalized spacial score (nSPS) is 15.4. The Hall–Kier alpha value is -2.77. The number of carbonyl (C=O) groups is 2. The summed E-state index contributed by atoms with van der Waals surface area (Å²) in [6.07, 6.45) is 0.905. The Balaban J connectivity index is 1.65. The molecule has 108 valence electrons. The van der Waals surface area contributed by atoms with Crippen molar-refractivity contribution in [1.82, 2.24) is 25.5 Å². The molecule has 1 aliphatic rings. The zero-order valence-electron chi connectivity index (χ0n) is 11.1. The number of hydrogen-bond donors (Lipinski definition) is 2. The third-order valence-electron chi connectivity index (χ3n) is 3.31. The summed E-state index contributed by atoms with van der Waals surface area (Å²) in [5.41, 5.74) is -0.298. The second-order valence-electron chi connectivity index (χ2n) is 4.94. The highest BCUT2D eigenvalue weighted by atomic mass is 16.4. The van der Waals surface area contributed by atoms with Crippen LogP contribution in [0.15, 0.2) is 30.3 Å². The molecule has 0 radical (unpaired) electrons. The molecule has 1 fully saturated rings. The molecule has 2 N–H and O–H groups in total. The van der Waals surface area contributed by atoms with Crippen molar-refractivity contribution in [3.8, 4) is 11.4 Å². The number of amides is 1. The highest BCUT2D eigenvalue weighted by Crippen LogP contribution is 2.35. The van der Waals surface area contributed by atoms with Gasteiger partial charge in [0.1, 0.15) is 12.1 Å². The van der Waals surface area contributed by atoms with Gasteiger partial charge in [-0.05, 0) is 18.1 Å². The van der Waals surface area contributed by atoms with Crippen LogP contribution in [0.5, 0.6) is 0 Å². The quantitative estimate of drug-likeness (QED) is 0.805. The van der Waals surface area contributed by atoms with Crippen molar-refractivity contribution in [3.63, 3.8) is 0 Å². The topological polar surface area (TPSA) is 110 Å². The van der Waals surface area contributed by atoms with Crippen LogP contribution in [0.2, 0.25) is 0 Å². The Kier molecular flexibility index (Phi) is 3.13. The molecule has 1 amide bonds. The van der Waals surface area contributed by atoms with Gasteiger partial charge in [-0.15, -0.1) is 10.2 Å². The van der Waals surface area contributed by atoms with Crippen LogP contribution < -0.4 is 5.32 Å². The van der Waals surface area contributed by atoms with Crippen molar-refractivity contribution in [3.05, 3.63) is 30.3 Å². The van der Waals surface area contributed by atoms with Crippen LogP contribution in [0.3, 0.4) is 0 Å². The van der Waals surface area contributed by atoms with Gasteiger partial charge < -0.3 is 10.4 Å². The Bertz CT molecular complexity index is 678. The average Bonchev–Trinajstić information content (AvgIpc) is 3.10. The van der Waals surface area contributed by atoms with Crippen LogP contribution in [0.4, 0.5) is 0 Å². The first-order valence-electron chi connectivity index (χ1n) is 6.47. The first kappa shape index (κ1) is 13.2. The largest absolute Gasteiger partial charge is 0.480 e. The van der Waals surface area contributed by atoms with Gasteiger partial charge in [-0.25, -0.2) is 4.79 Å². The first-order valence-corrected chi connectivity index (χ1v) is 6.47. The van der Waals surface area contributed by atoms with E-state index in [4.69, 9.17) is 5.11 Å². The van der Waals surface area contributed by atoms with Gasteiger partial charge in [-0.2, -0.15) is 4.80 Å². The molecule has 3 rings (SSSR count). The number of carboxylic acid groups (broad SMARTS) is 1. The SMILES string of the molecule is O=C(Cn1nnc(-c2ccccc2)n1)NC1(C(=O)O)CC1. The lowest BCUT2D eigenvalue weighted by molar-refractivity contribution is -0.143. The number of carbonyl (C=O) groups excluding carboxylic acids is 1. The maximum atomic E-state index is 11.8. The van der Waals surface area contributed by atoms with E-state index in [9.17, 15) is 9.59 Å². The van der Waals surface area contributed by atoms with Crippen molar-refractivity contribution in [2.24, 2.45) is 0 Å². The smallest absolute Gasteiger partial charge is 0.329 e. The molecular formula is C13H13N5O3. The molecule has 1 heterocycles. The van der Waals surface area contributed by atoms with E-state index in [1.165, 1.54) is 0 Å². The van der Waals surface area contributed by atoms with Gasteiger partial charge >= 0.3 is 5.97 Å². The Morgan fingerprint density at radius 2 is 2.00 bits per heavy atom. The summed E-state index contributed by atoms with van der Waals surface area (Å²) >= 11 is 0. The summed E-state index contributed by atoms with van der Waals surface area (Å²) in [4.78, 5) is 24.0. The standard InChI is InChI=1S/C13H13N5O3/c19-10(14-13(6-7-13)12(20)21)8-18-16-11(15-17-18)9-4-2-1-3-5-9/h1-5H,6-8H2,(H,14,19)(H,20,21). The average molecular weight is 287 g/mol. The molecule has 0 saturated heterocycles. The molecule has 1 aliphatic carbocycles. The lowest BCUT2D eigenvalue weighted by atomic mass is 10.2. The zero-order valence-corrected chi connectivity index (χ0v) is 11.1. The summed E-state index contributed by atoms with van der Waals surface area (Å²) in [5, 5.41) is 23.3. The predicted octanol–water partition coefficient (Wildman–Crippen LogP) is 0.0735. The second-order valence-corrected chi connectivity index (χ2v) is 4.94. The molecule has 21 heavy (non-hydrogen) atoms. The fraction of sp³-hybridized carbons (Fsp3) is 0.308. The Morgan fingerprint density at radius 1 is 1.29 bits per heavy atom. The van der Waals surface area contributed by atoms with Gasteiger partial charge in [0.05, 0.1) is 0 Å². The van der Waals surface area contributed by atoms with Gasteiger partial charge in [0, 0.05) is 5.56 Å². The molecular weight excluding hydrogens is 274 g/mol. The fourth-order valence-corrected chi connectivity index (χ4v) is 1.97. The molecule has 0 atom stereocenters. The summed E-state index contributed by atoms with van der Waals surface area (Å²) < 4.78 is 0. The van der Waals surface area contributed by atoms with Crippen LogP contribution in [-0.4, -0.2) is 42.7 Å². The molecule has 0 unspecified atom stereocenters. The van der Waals surface area contributed by atoms with Crippen LogP contribution >= 0.6 is 0 Å². The minimum absolute atomic E-state index is 0.158. The van der Waals surface area contributed by atoms with Crippen molar-refractivity contribution >= 4 is 11.9 Å². The summed E-state index contributed by atoms with van der Waals surface area (Å²) in [6.45, 7) is -0.158. The number of hydrogen-bond acceptors (Lipinski definition) is 5. The van der Waals surface area contributed by atoms with Crippen molar-refractivity contribution < 1.29 is 14.7 Å². The van der Waals surface area contributed by atoms with Crippen LogP contribution in [0.1, 0.15) is 12.8 Å². The van der Waals surface area contributed by atoms with E-state index in [-0.39, 0.29) is 6.54 Å². The van der Waals surface area contributed by atoms with E-state index in [2.05, 4.69) is 20.7 Å². The molecule has 1 aromatic carbocycles. The minimum atomic E-state index is -1.10. The van der Waals surface area contributed by atoms with Gasteiger partial charge in [-0.3, -0.25) is 4.79 Å².